The van der Waals surface area contributed by atoms with E-state index in [2.05, 4.69) is 0 Å². The van der Waals surface area contributed by atoms with Crippen LogP contribution in [0.15, 0.2) is 0 Å². The van der Waals surface area contributed by atoms with Crippen molar-refractivity contribution in [1.29, 1.82) is 0 Å². The van der Waals surface area contributed by atoms with Crippen molar-refractivity contribution in [3.8, 4) is 0 Å². The molecule has 0 aliphatic heterocycles. The van der Waals surface area contributed by atoms with Crippen LogP contribution < -0.4 is 0 Å². The maximum atomic E-state index is 11.1. The van der Waals surface area contributed by atoms with Gasteiger partial charge in [-0.25, -0.2) is 0 Å². The lowest BCUT2D eigenvalue weighted by Crippen LogP contribution is -2.43. The highest BCUT2D eigenvalue weighted by Gasteiger charge is 2.26. The number of carbonyl (C=O) groups is 1. The van der Waals surface area contributed by atoms with Crippen LogP contribution in [0.5, 0.6) is 0 Å². The van der Waals surface area contributed by atoms with Crippen LogP contribution in [-0.2, 0) is 9.53 Å². The Balaban J connectivity index is 3.90. The van der Waals surface area contributed by atoms with Gasteiger partial charge in [-0.3, -0.25) is 4.79 Å². The minimum Gasteiger partial charge on any atom is -0.466 e. The minimum absolute atomic E-state index is 0.182. The molecule has 96 valence electrons. The Bertz CT molecular complexity index is 214. The molecule has 1 atom stereocenters. The summed E-state index contributed by atoms with van der Waals surface area (Å²) >= 11 is 0. The third-order valence-electron chi connectivity index (χ3n) is 2.84. The van der Waals surface area contributed by atoms with Crippen LogP contribution in [0, 0.1) is 5.92 Å². The summed E-state index contributed by atoms with van der Waals surface area (Å²) < 4.78 is 4.84. The van der Waals surface area contributed by atoms with Crippen LogP contribution in [0.1, 0.15) is 34.1 Å². The van der Waals surface area contributed by atoms with Crippen molar-refractivity contribution in [3.05, 3.63) is 0 Å². The second kappa shape index (κ2) is 6.86. The van der Waals surface area contributed by atoms with E-state index in [0.717, 1.165) is 0 Å². The zero-order valence-corrected chi connectivity index (χ0v) is 11.1. The predicted octanol–water partition coefficient (Wildman–Crippen LogP) is 1.28. The fourth-order valence-electron chi connectivity index (χ4n) is 1.32. The number of rotatable bonds is 7. The molecule has 0 spiro atoms. The van der Waals surface area contributed by atoms with E-state index in [1.54, 1.807) is 6.92 Å². The molecule has 16 heavy (non-hydrogen) atoms. The van der Waals surface area contributed by atoms with Gasteiger partial charge in [-0.2, -0.15) is 0 Å². The van der Waals surface area contributed by atoms with Gasteiger partial charge in [0.15, 0.2) is 0 Å². The molecule has 0 amide bonds. The van der Waals surface area contributed by atoms with E-state index in [4.69, 9.17) is 4.74 Å². The molecule has 4 heteroatoms. The highest BCUT2D eigenvalue weighted by molar-refractivity contribution is 5.69. The first-order chi connectivity index (χ1) is 7.29. The first-order valence-corrected chi connectivity index (χ1v) is 5.86. The average Bonchev–Trinajstić information content (AvgIpc) is 2.14. The lowest BCUT2D eigenvalue weighted by atomic mass is 9.92. The highest BCUT2D eigenvalue weighted by atomic mass is 16.5. The molecule has 1 N–H and O–H groups in total. The van der Waals surface area contributed by atoms with Gasteiger partial charge in [0, 0.05) is 13.1 Å². The Hall–Kier alpha value is -0.610. The molecule has 0 rings (SSSR count). The van der Waals surface area contributed by atoms with Crippen LogP contribution >= 0.6 is 0 Å². The molecule has 0 bridgehead atoms. The van der Waals surface area contributed by atoms with Gasteiger partial charge in [-0.15, -0.1) is 0 Å². The number of hydrogen-bond acceptors (Lipinski definition) is 4. The molecule has 0 aromatic rings. The SMILES string of the molecule is CCOC(=O)CCN(C)CC(C)(O)C(C)C. The van der Waals surface area contributed by atoms with Crippen molar-refractivity contribution in [2.75, 3.05) is 26.7 Å². The van der Waals surface area contributed by atoms with Crippen molar-refractivity contribution >= 4 is 5.97 Å². The van der Waals surface area contributed by atoms with Crippen molar-refractivity contribution in [1.82, 2.24) is 4.90 Å². The molecule has 0 aromatic heterocycles. The van der Waals surface area contributed by atoms with Gasteiger partial charge in [0.05, 0.1) is 18.6 Å². The monoisotopic (exact) mass is 231 g/mol. The van der Waals surface area contributed by atoms with Crippen LogP contribution in [0.3, 0.4) is 0 Å². The van der Waals surface area contributed by atoms with Gasteiger partial charge in [0.1, 0.15) is 0 Å². The second-order valence-corrected chi connectivity index (χ2v) is 4.80. The van der Waals surface area contributed by atoms with Gasteiger partial charge in [0.2, 0.25) is 0 Å². The number of hydrogen-bond donors (Lipinski definition) is 1. The molecule has 0 aliphatic rings. The van der Waals surface area contributed by atoms with Crippen molar-refractivity contribution in [2.45, 2.75) is 39.7 Å². The third kappa shape index (κ3) is 6.08. The Labute approximate surface area is 98.6 Å². The molecule has 0 aliphatic carbocycles. The normalized spacial score (nSPS) is 15.2. The smallest absolute Gasteiger partial charge is 0.307 e. The van der Waals surface area contributed by atoms with Crippen LogP contribution in [0.2, 0.25) is 0 Å². The summed E-state index contributed by atoms with van der Waals surface area (Å²) in [5.41, 5.74) is -0.719. The molecular formula is C12H25NO3. The highest BCUT2D eigenvalue weighted by Crippen LogP contribution is 2.16. The zero-order valence-electron chi connectivity index (χ0n) is 11.1. The van der Waals surface area contributed by atoms with E-state index in [9.17, 15) is 9.90 Å². The first-order valence-electron chi connectivity index (χ1n) is 5.86. The van der Waals surface area contributed by atoms with Crippen LogP contribution in [0.4, 0.5) is 0 Å². The Morgan fingerprint density at radius 3 is 2.50 bits per heavy atom. The largest absolute Gasteiger partial charge is 0.466 e. The summed E-state index contributed by atoms with van der Waals surface area (Å²) in [6.07, 6.45) is 0.374. The molecule has 0 saturated carbocycles. The maximum Gasteiger partial charge on any atom is 0.307 e. The number of carbonyl (C=O) groups excluding carboxylic acids is 1. The lowest BCUT2D eigenvalue weighted by molar-refractivity contribution is -0.143. The molecule has 0 radical (unpaired) electrons. The quantitative estimate of drug-likeness (QED) is 0.671. The van der Waals surface area contributed by atoms with E-state index in [-0.39, 0.29) is 11.9 Å². The fraction of sp³-hybridized carbons (Fsp3) is 0.917. The fourth-order valence-corrected chi connectivity index (χ4v) is 1.32. The standard InChI is InChI=1S/C12H25NO3/c1-6-16-11(14)7-8-13(5)9-12(4,15)10(2)3/h10,15H,6-9H2,1-5H3. The number of ether oxygens (including phenoxy) is 1. The average molecular weight is 231 g/mol. The first kappa shape index (κ1) is 15.4. The van der Waals surface area contributed by atoms with Crippen LogP contribution in [0.25, 0.3) is 0 Å². The summed E-state index contributed by atoms with van der Waals surface area (Å²) in [6.45, 7) is 9.18. The van der Waals surface area contributed by atoms with E-state index in [0.29, 0.717) is 26.1 Å². The summed E-state index contributed by atoms with van der Waals surface area (Å²) in [5.74, 6) is 0.0103. The molecule has 0 saturated heterocycles. The van der Waals surface area contributed by atoms with E-state index in [1.165, 1.54) is 0 Å². The minimum atomic E-state index is -0.719. The lowest BCUT2D eigenvalue weighted by Gasteiger charge is -2.32. The van der Waals surface area contributed by atoms with E-state index < -0.39 is 5.60 Å². The van der Waals surface area contributed by atoms with Gasteiger partial charge >= 0.3 is 5.97 Å². The molecular weight excluding hydrogens is 206 g/mol. The topological polar surface area (TPSA) is 49.8 Å². The van der Waals surface area contributed by atoms with Crippen LogP contribution in [-0.4, -0.2) is 48.3 Å². The zero-order chi connectivity index (χ0) is 12.8. The molecule has 1 unspecified atom stereocenters. The van der Waals surface area contributed by atoms with Gasteiger partial charge in [-0.05, 0) is 26.8 Å². The van der Waals surface area contributed by atoms with E-state index in [1.807, 2.05) is 32.7 Å². The third-order valence-corrected chi connectivity index (χ3v) is 2.84. The van der Waals surface area contributed by atoms with Gasteiger partial charge < -0.3 is 14.7 Å². The van der Waals surface area contributed by atoms with Gasteiger partial charge in [0.25, 0.3) is 0 Å². The number of nitrogens with zero attached hydrogens (tertiary/aromatic N) is 1. The summed E-state index contributed by atoms with van der Waals surface area (Å²) in [7, 11) is 1.90. The molecule has 0 fully saturated rings. The maximum absolute atomic E-state index is 11.1. The van der Waals surface area contributed by atoms with Crippen molar-refractivity contribution in [2.24, 2.45) is 5.92 Å². The van der Waals surface area contributed by atoms with Crippen molar-refractivity contribution < 1.29 is 14.6 Å². The number of esters is 1. The number of likely N-dealkylation sites (N-methyl/N-ethyl adjacent to an activating group) is 1. The predicted molar refractivity (Wildman–Crippen MR) is 64.2 cm³/mol. The van der Waals surface area contributed by atoms with E-state index >= 15 is 0 Å². The van der Waals surface area contributed by atoms with Crippen molar-refractivity contribution in [3.63, 3.8) is 0 Å². The summed E-state index contributed by atoms with van der Waals surface area (Å²) in [4.78, 5) is 13.1. The molecule has 4 nitrogen and oxygen atoms in total. The number of aliphatic hydroxyl groups is 1. The Morgan fingerprint density at radius 1 is 1.50 bits per heavy atom. The summed E-state index contributed by atoms with van der Waals surface area (Å²) in [6, 6.07) is 0. The molecule has 0 aromatic carbocycles. The Kier molecular flexibility index (Phi) is 6.60. The molecule has 0 heterocycles. The Morgan fingerprint density at radius 2 is 2.06 bits per heavy atom. The second-order valence-electron chi connectivity index (χ2n) is 4.80. The summed E-state index contributed by atoms with van der Waals surface area (Å²) in [5, 5.41) is 10.1. The van der Waals surface area contributed by atoms with Gasteiger partial charge in [-0.1, -0.05) is 13.8 Å².